The SMILES string of the molecule is CCCCC(CC)(Pc1c(F)c(F)c(F)c(F)c1F)c1cc(C(C)(C)C)cc(C)c1OC. The molecule has 7 heteroatoms. The van der Waals surface area contributed by atoms with Crippen molar-refractivity contribution in [2.75, 3.05) is 7.11 Å². The quantitative estimate of drug-likeness (QED) is 0.164. The van der Waals surface area contributed by atoms with Crippen LogP contribution in [0.5, 0.6) is 5.75 Å². The molecule has 2 rings (SSSR count). The zero-order valence-electron chi connectivity index (χ0n) is 19.8. The lowest BCUT2D eigenvalue weighted by Crippen LogP contribution is -2.28. The number of aryl methyl sites for hydroxylation is 1. The maximum Gasteiger partial charge on any atom is 0.200 e. The minimum atomic E-state index is -2.13. The average molecular weight is 474 g/mol. The van der Waals surface area contributed by atoms with Crippen molar-refractivity contribution in [1.82, 2.24) is 0 Å². The Balaban J connectivity index is 2.86. The zero-order valence-corrected chi connectivity index (χ0v) is 20.8. The van der Waals surface area contributed by atoms with Gasteiger partial charge in [-0.25, -0.2) is 22.0 Å². The summed E-state index contributed by atoms with van der Waals surface area (Å²) in [5, 5.41) is -1.59. The fourth-order valence-corrected chi connectivity index (χ4v) is 5.70. The van der Waals surface area contributed by atoms with Crippen LogP contribution in [0.15, 0.2) is 12.1 Å². The Kier molecular flexibility index (Phi) is 8.36. The van der Waals surface area contributed by atoms with Gasteiger partial charge in [-0.2, -0.15) is 0 Å². The van der Waals surface area contributed by atoms with Gasteiger partial charge in [0.15, 0.2) is 23.3 Å². The second kappa shape index (κ2) is 10.1. The molecule has 0 bridgehead atoms. The van der Waals surface area contributed by atoms with Crippen LogP contribution in [-0.2, 0) is 10.6 Å². The lowest BCUT2D eigenvalue weighted by atomic mass is 9.80. The van der Waals surface area contributed by atoms with Crippen LogP contribution in [0.1, 0.15) is 77.0 Å². The van der Waals surface area contributed by atoms with E-state index in [4.69, 9.17) is 4.74 Å². The molecule has 2 unspecified atom stereocenters. The Morgan fingerprint density at radius 1 is 0.875 bits per heavy atom. The lowest BCUT2D eigenvalue weighted by molar-refractivity contribution is 0.383. The van der Waals surface area contributed by atoms with E-state index < -0.39 is 48.1 Å². The Bertz CT molecular complexity index is 955. The summed E-state index contributed by atoms with van der Waals surface area (Å²) in [6, 6.07) is 3.99. The second-order valence-electron chi connectivity index (χ2n) is 9.23. The van der Waals surface area contributed by atoms with Crippen molar-refractivity contribution in [2.24, 2.45) is 0 Å². The van der Waals surface area contributed by atoms with Crippen LogP contribution in [0.4, 0.5) is 22.0 Å². The van der Waals surface area contributed by atoms with Crippen LogP contribution in [0.3, 0.4) is 0 Å². The minimum absolute atomic E-state index is 0.205. The summed E-state index contributed by atoms with van der Waals surface area (Å²) in [5.41, 5.74) is 2.43. The molecule has 0 saturated heterocycles. The summed E-state index contributed by atoms with van der Waals surface area (Å²) in [6.45, 7) is 12.0. The first-order valence-corrected chi connectivity index (χ1v) is 11.8. The van der Waals surface area contributed by atoms with Gasteiger partial charge < -0.3 is 4.74 Å². The van der Waals surface area contributed by atoms with E-state index in [1.165, 1.54) is 7.11 Å². The van der Waals surface area contributed by atoms with Crippen LogP contribution in [-0.4, -0.2) is 7.11 Å². The molecule has 0 fully saturated rings. The summed E-state index contributed by atoms with van der Waals surface area (Å²) < 4.78 is 76.7. The third-order valence-electron chi connectivity index (χ3n) is 6.00. The van der Waals surface area contributed by atoms with Crippen LogP contribution in [0.2, 0.25) is 0 Å². The summed E-state index contributed by atoms with van der Waals surface area (Å²) in [4.78, 5) is 0. The Hall–Kier alpha value is -1.68. The molecule has 0 amide bonds. The summed E-state index contributed by atoms with van der Waals surface area (Å²) in [6.07, 6.45) is 2.54. The Morgan fingerprint density at radius 3 is 1.84 bits per heavy atom. The molecule has 0 radical (unpaired) electrons. The number of rotatable bonds is 8. The molecule has 0 aromatic heterocycles. The summed E-state index contributed by atoms with van der Waals surface area (Å²) in [7, 11) is 0.871. The van der Waals surface area contributed by atoms with Crippen LogP contribution in [0.25, 0.3) is 0 Å². The molecule has 2 atom stereocenters. The molecule has 178 valence electrons. The molecule has 0 saturated carbocycles. The highest BCUT2D eigenvalue weighted by Crippen LogP contribution is 2.53. The number of ether oxygens (including phenoxy) is 1. The molecule has 2 aromatic rings. The molecule has 0 aliphatic rings. The van der Waals surface area contributed by atoms with E-state index in [2.05, 4.69) is 20.8 Å². The molecule has 0 spiro atoms. The fourth-order valence-electron chi connectivity index (χ4n) is 3.99. The third-order valence-corrected chi connectivity index (χ3v) is 8.04. The van der Waals surface area contributed by atoms with E-state index in [9.17, 15) is 22.0 Å². The smallest absolute Gasteiger partial charge is 0.200 e. The largest absolute Gasteiger partial charge is 0.496 e. The lowest BCUT2D eigenvalue weighted by Gasteiger charge is -2.37. The van der Waals surface area contributed by atoms with Gasteiger partial charge in [-0.3, -0.25) is 0 Å². The molecule has 0 aliphatic carbocycles. The summed E-state index contributed by atoms with van der Waals surface area (Å²) >= 11 is 0. The number of methoxy groups -OCH3 is 1. The predicted octanol–water partition coefficient (Wildman–Crippen LogP) is 7.80. The third kappa shape index (κ3) is 4.95. The first-order chi connectivity index (χ1) is 14.8. The minimum Gasteiger partial charge on any atom is -0.496 e. The van der Waals surface area contributed by atoms with E-state index in [1.807, 2.05) is 32.9 Å². The highest BCUT2D eigenvalue weighted by Gasteiger charge is 2.38. The molecule has 32 heavy (non-hydrogen) atoms. The first kappa shape index (κ1) is 26.6. The maximum atomic E-state index is 14.7. The number of unbranched alkanes of at least 4 members (excludes halogenated alkanes) is 1. The van der Waals surface area contributed by atoms with E-state index in [0.29, 0.717) is 18.6 Å². The monoisotopic (exact) mass is 474 g/mol. The van der Waals surface area contributed by atoms with Crippen LogP contribution >= 0.6 is 8.58 Å². The van der Waals surface area contributed by atoms with Gasteiger partial charge in [0.05, 0.1) is 12.4 Å². The van der Waals surface area contributed by atoms with Gasteiger partial charge in [0.25, 0.3) is 0 Å². The molecule has 1 nitrogen and oxygen atoms in total. The first-order valence-electron chi connectivity index (χ1n) is 10.8. The van der Waals surface area contributed by atoms with E-state index in [-0.39, 0.29) is 5.41 Å². The van der Waals surface area contributed by atoms with Gasteiger partial charge in [0, 0.05) is 10.7 Å². The van der Waals surface area contributed by atoms with Crippen molar-refractivity contribution < 1.29 is 26.7 Å². The molecule has 0 heterocycles. The van der Waals surface area contributed by atoms with Gasteiger partial charge in [-0.1, -0.05) is 68.2 Å². The van der Waals surface area contributed by atoms with Gasteiger partial charge in [0.2, 0.25) is 5.82 Å². The Morgan fingerprint density at radius 2 is 1.41 bits per heavy atom. The topological polar surface area (TPSA) is 9.23 Å². The fraction of sp³-hybridized carbons (Fsp3) is 0.520. The Labute approximate surface area is 189 Å². The van der Waals surface area contributed by atoms with E-state index >= 15 is 0 Å². The van der Waals surface area contributed by atoms with Crippen molar-refractivity contribution in [2.45, 2.75) is 77.8 Å². The van der Waals surface area contributed by atoms with Crippen molar-refractivity contribution in [3.05, 3.63) is 57.9 Å². The normalized spacial score (nSPS) is 14.2. The number of hydrogen-bond acceptors (Lipinski definition) is 1. The number of halogens is 5. The standard InChI is InChI=1S/C25H32F5OP/c1-8-10-11-25(9-2,32-23-20(29)18(27)17(26)19(28)21(23)30)16-13-15(24(4,5)6)12-14(3)22(16)31-7/h12-13,32H,8-11H2,1-7H3. The average Bonchev–Trinajstić information content (AvgIpc) is 2.75. The number of hydrogen-bond donors (Lipinski definition) is 0. The van der Waals surface area contributed by atoms with Crippen molar-refractivity contribution in [3.63, 3.8) is 0 Å². The van der Waals surface area contributed by atoms with E-state index in [1.54, 1.807) is 0 Å². The molecular weight excluding hydrogens is 442 g/mol. The second-order valence-corrected chi connectivity index (χ2v) is 10.9. The molecule has 0 N–H and O–H groups in total. The highest BCUT2D eigenvalue weighted by molar-refractivity contribution is 7.48. The van der Waals surface area contributed by atoms with E-state index in [0.717, 1.165) is 29.5 Å². The maximum absolute atomic E-state index is 14.7. The zero-order chi connectivity index (χ0) is 24.4. The van der Waals surface area contributed by atoms with Gasteiger partial charge >= 0.3 is 0 Å². The van der Waals surface area contributed by atoms with Gasteiger partial charge in [-0.15, -0.1) is 0 Å². The number of benzene rings is 2. The molecule has 0 aliphatic heterocycles. The summed E-state index contributed by atoms with van der Waals surface area (Å²) in [5.74, 6) is -8.86. The van der Waals surface area contributed by atoms with Gasteiger partial charge in [-0.05, 0) is 36.3 Å². The van der Waals surface area contributed by atoms with Crippen molar-refractivity contribution in [3.8, 4) is 5.75 Å². The van der Waals surface area contributed by atoms with Crippen LogP contribution < -0.4 is 10.0 Å². The van der Waals surface area contributed by atoms with Crippen LogP contribution in [0, 0.1) is 36.0 Å². The molecular formula is C25H32F5OP. The predicted molar refractivity (Wildman–Crippen MR) is 122 cm³/mol. The molecule has 2 aromatic carbocycles. The van der Waals surface area contributed by atoms with Crippen molar-refractivity contribution >= 4 is 13.9 Å². The highest BCUT2D eigenvalue weighted by atomic mass is 31.1. The van der Waals surface area contributed by atoms with Gasteiger partial charge in [0.1, 0.15) is 5.75 Å². The van der Waals surface area contributed by atoms with Crippen molar-refractivity contribution in [1.29, 1.82) is 0 Å².